The predicted octanol–water partition coefficient (Wildman–Crippen LogP) is 2.64. The van der Waals surface area contributed by atoms with Crippen LogP contribution in [0.3, 0.4) is 0 Å². The Morgan fingerprint density at radius 3 is 3.00 bits per heavy atom. The Morgan fingerprint density at radius 1 is 1.56 bits per heavy atom. The van der Waals surface area contributed by atoms with Gasteiger partial charge in [0.1, 0.15) is 0 Å². The van der Waals surface area contributed by atoms with E-state index in [1.807, 2.05) is 19.1 Å². The molecule has 1 amide bonds. The number of amides is 1. The molecule has 1 heterocycles. The minimum absolute atomic E-state index is 0.0232. The number of carbonyl (C=O) groups excluding carboxylic acids is 1. The van der Waals surface area contributed by atoms with Crippen molar-refractivity contribution in [1.29, 1.82) is 0 Å². The van der Waals surface area contributed by atoms with E-state index in [9.17, 15) is 4.79 Å². The van der Waals surface area contributed by atoms with Gasteiger partial charge in [0.2, 0.25) is 5.91 Å². The van der Waals surface area contributed by atoms with Gasteiger partial charge in [0.15, 0.2) is 0 Å². The number of ether oxygens (including phenoxy) is 1. The minimum atomic E-state index is 0.0232. The Bertz CT molecular complexity index is 451. The van der Waals surface area contributed by atoms with Gasteiger partial charge in [-0.25, -0.2) is 0 Å². The maximum atomic E-state index is 12.2. The van der Waals surface area contributed by atoms with E-state index in [-0.39, 0.29) is 17.7 Å². The van der Waals surface area contributed by atoms with Gasteiger partial charge in [0.05, 0.1) is 0 Å². The molecule has 98 valence electrons. The smallest absolute Gasteiger partial charge is 0.227 e. The fraction of sp³-hybridized carbons (Fsp3) is 0.462. The molecule has 1 aliphatic heterocycles. The fourth-order valence-electron chi connectivity index (χ4n) is 2.11. The summed E-state index contributed by atoms with van der Waals surface area (Å²) in [5, 5.41) is 2.93. The topological polar surface area (TPSA) is 64.3 Å². The van der Waals surface area contributed by atoms with Gasteiger partial charge in [-0.05, 0) is 46.5 Å². The third kappa shape index (κ3) is 3.03. The van der Waals surface area contributed by atoms with Gasteiger partial charge in [0, 0.05) is 35.0 Å². The lowest BCUT2D eigenvalue weighted by atomic mass is 9.89. The van der Waals surface area contributed by atoms with E-state index >= 15 is 0 Å². The lowest BCUT2D eigenvalue weighted by Gasteiger charge is -2.27. The molecule has 2 atom stereocenters. The number of nitrogen functional groups attached to an aromatic ring is 1. The molecule has 1 saturated heterocycles. The van der Waals surface area contributed by atoms with E-state index in [1.165, 1.54) is 0 Å². The molecule has 2 rings (SSSR count). The number of nitrogens with one attached hydrogen (secondary N) is 1. The molecule has 5 heteroatoms. The van der Waals surface area contributed by atoms with Crippen molar-refractivity contribution in [2.75, 3.05) is 24.3 Å². The van der Waals surface area contributed by atoms with E-state index in [0.29, 0.717) is 18.9 Å². The molecule has 4 nitrogen and oxygen atoms in total. The van der Waals surface area contributed by atoms with E-state index in [0.717, 1.165) is 16.6 Å². The van der Waals surface area contributed by atoms with Crippen molar-refractivity contribution >= 4 is 33.2 Å². The second kappa shape index (κ2) is 5.71. The van der Waals surface area contributed by atoms with E-state index in [2.05, 4.69) is 21.2 Å². The standard InChI is InChI=1S/C13H17BrN2O2/c1-8-7-18-5-4-10(8)13(17)16-9-2-3-12(15)11(14)6-9/h2-3,6,8,10H,4-5,7,15H2,1H3,(H,16,17). The number of halogens is 1. The largest absolute Gasteiger partial charge is 0.398 e. The number of nitrogens with two attached hydrogens (primary N) is 1. The van der Waals surface area contributed by atoms with Gasteiger partial charge >= 0.3 is 0 Å². The molecule has 0 aliphatic carbocycles. The first kappa shape index (κ1) is 13.4. The zero-order chi connectivity index (χ0) is 13.1. The van der Waals surface area contributed by atoms with Crippen LogP contribution in [0, 0.1) is 11.8 Å². The summed E-state index contributed by atoms with van der Waals surface area (Å²) in [5.41, 5.74) is 7.13. The Kier molecular flexibility index (Phi) is 4.24. The highest BCUT2D eigenvalue weighted by atomic mass is 79.9. The van der Waals surface area contributed by atoms with Gasteiger partial charge in [-0.15, -0.1) is 0 Å². The van der Waals surface area contributed by atoms with Crippen molar-refractivity contribution in [3.05, 3.63) is 22.7 Å². The second-order valence-corrected chi connectivity index (χ2v) is 5.53. The second-order valence-electron chi connectivity index (χ2n) is 4.67. The van der Waals surface area contributed by atoms with Gasteiger partial charge in [0.25, 0.3) is 0 Å². The Balaban J connectivity index is 2.04. The van der Waals surface area contributed by atoms with Gasteiger partial charge < -0.3 is 15.8 Å². The number of benzene rings is 1. The SMILES string of the molecule is CC1COCCC1C(=O)Nc1ccc(N)c(Br)c1. The lowest BCUT2D eigenvalue weighted by molar-refractivity contribution is -0.125. The quantitative estimate of drug-likeness (QED) is 0.825. The van der Waals surface area contributed by atoms with Crippen molar-refractivity contribution in [2.24, 2.45) is 11.8 Å². The highest BCUT2D eigenvalue weighted by Gasteiger charge is 2.28. The van der Waals surface area contributed by atoms with Crippen LogP contribution in [0.15, 0.2) is 22.7 Å². The number of rotatable bonds is 2. The molecule has 18 heavy (non-hydrogen) atoms. The van der Waals surface area contributed by atoms with E-state index in [4.69, 9.17) is 10.5 Å². The molecule has 0 radical (unpaired) electrons. The zero-order valence-electron chi connectivity index (χ0n) is 10.3. The molecule has 0 saturated carbocycles. The first-order valence-corrected chi connectivity index (χ1v) is 6.81. The van der Waals surface area contributed by atoms with Crippen molar-refractivity contribution < 1.29 is 9.53 Å². The van der Waals surface area contributed by atoms with Crippen molar-refractivity contribution in [2.45, 2.75) is 13.3 Å². The number of carbonyl (C=O) groups is 1. The number of hydrogen-bond acceptors (Lipinski definition) is 3. The molecule has 0 bridgehead atoms. The van der Waals surface area contributed by atoms with E-state index in [1.54, 1.807) is 6.07 Å². The normalized spacial score (nSPS) is 23.7. The van der Waals surface area contributed by atoms with E-state index < -0.39 is 0 Å². The first-order chi connectivity index (χ1) is 8.58. The molecule has 1 aliphatic rings. The van der Waals surface area contributed by atoms with Gasteiger partial charge in [-0.3, -0.25) is 4.79 Å². The molecular weight excluding hydrogens is 296 g/mol. The van der Waals surface area contributed by atoms with Crippen LogP contribution in [0.4, 0.5) is 11.4 Å². The average molecular weight is 313 g/mol. The monoisotopic (exact) mass is 312 g/mol. The summed E-state index contributed by atoms with van der Waals surface area (Å²) >= 11 is 3.35. The Morgan fingerprint density at radius 2 is 2.33 bits per heavy atom. The molecule has 1 fully saturated rings. The van der Waals surface area contributed by atoms with Crippen LogP contribution in [0.2, 0.25) is 0 Å². The lowest BCUT2D eigenvalue weighted by Crippen LogP contribution is -2.34. The molecule has 1 aromatic carbocycles. The third-order valence-electron chi connectivity index (χ3n) is 3.25. The summed E-state index contributed by atoms with van der Waals surface area (Å²) in [6.45, 7) is 3.36. The molecule has 1 aromatic rings. The van der Waals surface area contributed by atoms with Crippen molar-refractivity contribution in [1.82, 2.24) is 0 Å². The van der Waals surface area contributed by atoms with Crippen LogP contribution < -0.4 is 11.1 Å². The predicted molar refractivity (Wildman–Crippen MR) is 75.3 cm³/mol. The molecule has 2 unspecified atom stereocenters. The van der Waals surface area contributed by atoms with Gasteiger partial charge in [-0.1, -0.05) is 6.92 Å². The average Bonchev–Trinajstić information content (AvgIpc) is 2.34. The van der Waals surface area contributed by atoms with Crippen molar-refractivity contribution in [3.8, 4) is 0 Å². The van der Waals surface area contributed by atoms with Crippen LogP contribution in [0.1, 0.15) is 13.3 Å². The Hall–Kier alpha value is -1.07. The van der Waals surface area contributed by atoms with Crippen LogP contribution in [-0.2, 0) is 9.53 Å². The molecule has 0 spiro atoms. The molecule has 0 aromatic heterocycles. The van der Waals surface area contributed by atoms with Crippen LogP contribution in [0.25, 0.3) is 0 Å². The Labute approximate surface area is 115 Å². The summed E-state index contributed by atoms with van der Waals surface area (Å²) in [6.07, 6.45) is 0.781. The summed E-state index contributed by atoms with van der Waals surface area (Å²) in [4.78, 5) is 12.2. The number of hydrogen-bond donors (Lipinski definition) is 2. The summed E-state index contributed by atoms with van der Waals surface area (Å²) in [5.74, 6) is 0.341. The van der Waals surface area contributed by atoms with Crippen LogP contribution >= 0.6 is 15.9 Å². The first-order valence-electron chi connectivity index (χ1n) is 6.01. The summed E-state index contributed by atoms with van der Waals surface area (Å²) in [7, 11) is 0. The molecular formula is C13H17BrN2O2. The van der Waals surface area contributed by atoms with Crippen LogP contribution in [-0.4, -0.2) is 19.1 Å². The fourth-order valence-corrected chi connectivity index (χ4v) is 2.49. The minimum Gasteiger partial charge on any atom is -0.398 e. The van der Waals surface area contributed by atoms with Gasteiger partial charge in [-0.2, -0.15) is 0 Å². The number of anilines is 2. The van der Waals surface area contributed by atoms with Crippen LogP contribution in [0.5, 0.6) is 0 Å². The van der Waals surface area contributed by atoms with Crippen molar-refractivity contribution in [3.63, 3.8) is 0 Å². The third-order valence-corrected chi connectivity index (χ3v) is 3.93. The highest BCUT2D eigenvalue weighted by Crippen LogP contribution is 2.26. The summed E-state index contributed by atoms with van der Waals surface area (Å²) < 4.78 is 6.14. The molecule has 3 N–H and O–H groups in total. The maximum absolute atomic E-state index is 12.2. The summed E-state index contributed by atoms with van der Waals surface area (Å²) in [6, 6.07) is 5.40. The zero-order valence-corrected chi connectivity index (χ0v) is 11.9. The maximum Gasteiger partial charge on any atom is 0.227 e. The highest BCUT2D eigenvalue weighted by molar-refractivity contribution is 9.10.